The molecule has 42 heavy (non-hydrogen) atoms. The predicted octanol–water partition coefficient (Wildman–Crippen LogP) is 4.73. The fraction of sp³-hybridized carbons (Fsp3) is 0. The standard InChI is InChI=1S/C37H30ClP2.2ClH/c38-37(39(31-19-7-1-8-20-31,32-21-9-2-10-22-32)33-23-11-3-12-24-33)40(34-25-13-4-14-26-34,35-27-15-5-16-28-35)36-29-17-6-18-30-36;;/h1-30H;2*1H/q+1;;/p-1. The van der Waals surface area contributed by atoms with Crippen LogP contribution in [0.15, 0.2) is 182 Å². The maximum absolute atomic E-state index is 8.35. The van der Waals surface area contributed by atoms with Gasteiger partial charge >= 0.3 is 0 Å². The Bertz CT molecular complexity index is 1530. The number of hydrogen-bond acceptors (Lipinski definition) is 0. The molecule has 0 atom stereocenters. The van der Waals surface area contributed by atoms with Crippen molar-refractivity contribution in [3.8, 4) is 0 Å². The van der Waals surface area contributed by atoms with Gasteiger partial charge in [0.15, 0.2) is 11.8 Å². The molecule has 6 rings (SSSR count). The first-order valence-corrected chi connectivity index (χ1v) is 17.4. The first kappa shape index (κ1) is 31.8. The van der Waals surface area contributed by atoms with Crippen molar-refractivity contribution in [2.45, 2.75) is 0 Å². The van der Waals surface area contributed by atoms with E-state index in [1.54, 1.807) is 0 Å². The Morgan fingerprint density at radius 1 is 0.381 bits per heavy atom. The van der Waals surface area contributed by atoms with Crippen LogP contribution in [0.2, 0.25) is 0 Å². The van der Waals surface area contributed by atoms with Gasteiger partial charge in [-0.25, -0.2) is 0 Å². The second-order valence-electron chi connectivity index (χ2n) is 9.62. The first-order chi connectivity index (χ1) is 19.8. The van der Waals surface area contributed by atoms with E-state index in [0.29, 0.717) is 0 Å². The van der Waals surface area contributed by atoms with E-state index in [4.69, 9.17) is 11.6 Å². The van der Waals surface area contributed by atoms with Crippen molar-refractivity contribution in [1.82, 2.24) is 0 Å². The number of rotatable bonds is 7. The predicted molar refractivity (Wildman–Crippen MR) is 188 cm³/mol. The largest absolute Gasteiger partial charge is 1.00 e. The van der Waals surface area contributed by atoms with E-state index in [1.807, 2.05) is 0 Å². The van der Waals surface area contributed by atoms with Crippen LogP contribution in [-0.4, -0.2) is 4.49 Å². The molecule has 6 aromatic carbocycles. The Balaban J connectivity index is 0.00000202. The van der Waals surface area contributed by atoms with Gasteiger partial charge in [0.2, 0.25) is 0 Å². The van der Waals surface area contributed by atoms with Crippen LogP contribution in [0.5, 0.6) is 0 Å². The first-order valence-electron chi connectivity index (χ1n) is 13.4. The highest BCUT2D eigenvalue weighted by atomic mass is 35.5. The lowest BCUT2D eigenvalue weighted by atomic mass is 10.4. The van der Waals surface area contributed by atoms with Crippen LogP contribution in [0.3, 0.4) is 0 Å². The average Bonchev–Trinajstić information content (AvgIpc) is 3.05. The molecule has 0 heterocycles. The van der Waals surface area contributed by atoms with Gasteiger partial charge in [-0.1, -0.05) is 146 Å². The van der Waals surface area contributed by atoms with Crippen molar-refractivity contribution >= 4 is 74.5 Å². The fourth-order valence-electron chi connectivity index (χ4n) is 5.67. The zero-order chi connectivity index (χ0) is 27.3. The molecule has 0 aromatic heterocycles. The van der Waals surface area contributed by atoms with Crippen LogP contribution in [0.1, 0.15) is 0 Å². The molecule has 0 fully saturated rings. The summed E-state index contributed by atoms with van der Waals surface area (Å²) in [4.78, 5) is 0. The Hall–Kier alpha value is -3.08. The Morgan fingerprint density at radius 2 is 0.595 bits per heavy atom. The minimum absolute atomic E-state index is 0. The molecule has 0 saturated heterocycles. The van der Waals surface area contributed by atoms with E-state index in [0.717, 1.165) is 4.49 Å². The molecular weight excluding hydrogens is 613 g/mol. The van der Waals surface area contributed by atoms with E-state index < -0.39 is 14.1 Å². The minimum Gasteiger partial charge on any atom is -1.00 e. The lowest BCUT2D eigenvalue weighted by Gasteiger charge is -2.35. The third-order valence-electron chi connectivity index (χ3n) is 7.41. The molecule has 0 aliphatic rings. The van der Waals surface area contributed by atoms with Crippen LogP contribution in [0.25, 0.3) is 0 Å². The summed E-state index contributed by atoms with van der Waals surface area (Å²) >= 11 is 8.35. The summed E-state index contributed by atoms with van der Waals surface area (Å²) in [6, 6.07) is 65.6. The minimum atomic E-state index is -2.53. The summed E-state index contributed by atoms with van der Waals surface area (Å²) in [6.45, 7) is -2.53. The van der Waals surface area contributed by atoms with Gasteiger partial charge < -0.3 is 12.4 Å². The maximum atomic E-state index is 8.35. The molecule has 5 heteroatoms. The Morgan fingerprint density at radius 3 is 0.833 bits per heavy atom. The Kier molecular flexibility index (Phi) is 10.9. The second-order valence-corrected chi connectivity index (χ2v) is 17.6. The van der Waals surface area contributed by atoms with Gasteiger partial charge in [0.1, 0.15) is 15.9 Å². The van der Waals surface area contributed by atoms with Gasteiger partial charge in [0.25, 0.3) is 0 Å². The van der Waals surface area contributed by atoms with Crippen LogP contribution in [0.4, 0.5) is 0 Å². The topological polar surface area (TPSA) is 0 Å². The van der Waals surface area contributed by atoms with Crippen LogP contribution in [-0.2, 0) is 0 Å². The average molecular weight is 644 g/mol. The fourth-order valence-corrected chi connectivity index (χ4v) is 18.1. The molecule has 0 N–H and O–H groups in total. The lowest BCUT2D eigenvalue weighted by Crippen LogP contribution is -3.00. The zero-order valence-corrected chi connectivity index (χ0v) is 27.0. The van der Waals surface area contributed by atoms with Crippen molar-refractivity contribution in [2.24, 2.45) is 0 Å². The molecule has 0 spiro atoms. The SMILES string of the molecule is Cl.ClC(=P(c1ccccc1)(c1ccccc1)c1ccccc1)[P+](c1ccccc1)(c1ccccc1)c1ccccc1.[Cl-]. The molecule has 0 aliphatic carbocycles. The molecule has 0 aliphatic heterocycles. The summed E-state index contributed by atoms with van der Waals surface area (Å²) in [7, 11) is -2.53. The highest BCUT2D eigenvalue weighted by molar-refractivity contribution is 8.23. The Labute approximate surface area is 267 Å². The van der Waals surface area contributed by atoms with Gasteiger partial charge in [-0.2, -0.15) is 0 Å². The van der Waals surface area contributed by atoms with Crippen molar-refractivity contribution in [3.05, 3.63) is 182 Å². The molecule has 0 bridgehead atoms. The van der Waals surface area contributed by atoms with E-state index in [1.165, 1.54) is 31.8 Å². The summed E-state index contributed by atoms with van der Waals surface area (Å²) in [6.07, 6.45) is 0. The molecule has 210 valence electrons. The van der Waals surface area contributed by atoms with Gasteiger partial charge in [-0.3, -0.25) is 0 Å². The van der Waals surface area contributed by atoms with Crippen molar-refractivity contribution in [2.75, 3.05) is 0 Å². The highest BCUT2D eigenvalue weighted by Gasteiger charge is 2.54. The zero-order valence-electron chi connectivity index (χ0n) is 22.9. The van der Waals surface area contributed by atoms with Gasteiger partial charge in [0.05, 0.1) is 0 Å². The number of hydrogen-bond donors (Lipinski definition) is 0. The summed E-state index contributed by atoms with van der Waals surface area (Å²) in [5, 5.41) is 7.53. The summed E-state index contributed by atoms with van der Waals surface area (Å²) in [5.41, 5.74) is 0. The van der Waals surface area contributed by atoms with Crippen molar-refractivity contribution < 1.29 is 12.4 Å². The molecule has 0 radical (unpaired) electrons. The maximum Gasteiger partial charge on any atom is 0.181 e. The summed E-state index contributed by atoms with van der Waals surface area (Å²) < 4.78 is 1.02. The lowest BCUT2D eigenvalue weighted by molar-refractivity contribution is -0.00000757. The number of benzene rings is 6. The van der Waals surface area contributed by atoms with Gasteiger partial charge in [0, 0.05) is 6.89 Å². The number of halogens is 3. The second kappa shape index (κ2) is 14.4. The highest BCUT2D eigenvalue weighted by Crippen LogP contribution is 2.66. The van der Waals surface area contributed by atoms with Crippen molar-refractivity contribution in [1.29, 1.82) is 0 Å². The van der Waals surface area contributed by atoms with E-state index >= 15 is 0 Å². The smallest absolute Gasteiger partial charge is 0.181 e. The third-order valence-corrected chi connectivity index (χ3v) is 18.3. The molecule has 0 amide bonds. The van der Waals surface area contributed by atoms with Gasteiger partial charge in [-0.15, -0.1) is 12.4 Å². The quantitative estimate of drug-likeness (QED) is 0.221. The molecular formula is C37H31Cl3P2. The monoisotopic (exact) mass is 642 g/mol. The van der Waals surface area contributed by atoms with E-state index in [2.05, 4.69) is 182 Å². The third kappa shape index (κ3) is 5.52. The molecule has 6 aromatic rings. The van der Waals surface area contributed by atoms with E-state index in [-0.39, 0.29) is 24.8 Å². The van der Waals surface area contributed by atoms with E-state index in [9.17, 15) is 0 Å². The summed E-state index contributed by atoms with van der Waals surface area (Å²) in [5.74, 6) is 0. The van der Waals surface area contributed by atoms with Crippen LogP contribution < -0.4 is 44.2 Å². The van der Waals surface area contributed by atoms with Crippen molar-refractivity contribution in [3.63, 3.8) is 0 Å². The van der Waals surface area contributed by atoms with Gasteiger partial charge in [-0.05, 0) is 63.9 Å². The molecule has 0 saturated carbocycles. The van der Waals surface area contributed by atoms with Crippen LogP contribution >= 0.6 is 38.2 Å². The molecule has 0 unspecified atom stereocenters. The van der Waals surface area contributed by atoms with Crippen LogP contribution in [0, 0.1) is 0 Å². The normalized spacial score (nSPS) is 11.1. The molecule has 0 nitrogen and oxygen atoms in total.